The van der Waals surface area contributed by atoms with Crippen LogP contribution in [-0.4, -0.2) is 40.4 Å². The molecule has 0 aromatic heterocycles. The van der Waals surface area contributed by atoms with Crippen molar-refractivity contribution >= 4 is 16.1 Å². The normalized spacial score (nSPS) is 13.5. The Hall–Kier alpha value is -0.660. The number of ether oxygens (including phenoxy) is 1. The first-order chi connectivity index (χ1) is 6.85. The number of esters is 1. The lowest BCUT2D eigenvalue weighted by Crippen LogP contribution is -2.27. The molecule has 0 rings (SSSR count). The molecule has 2 N–H and O–H groups in total. The summed E-state index contributed by atoms with van der Waals surface area (Å²) < 4.78 is 30.2. The molecule has 0 aliphatic carbocycles. The van der Waals surface area contributed by atoms with Crippen LogP contribution in [0.4, 0.5) is 0 Å². The standard InChI is InChI=1S/C8H17NO5S/c1-13-8(10)5-3-4-7(9)6-14-15(2,11)12/h7H,3-6,9H2,1-2H3. The van der Waals surface area contributed by atoms with Gasteiger partial charge in [-0.25, -0.2) is 0 Å². The number of carbonyl (C=O) groups is 1. The Labute approximate surface area is 89.9 Å². The lowest BCUT2D eigenvalue weighted by atomic mass is 10.1. The minimum atomic E-state index is -3.44. The molecule has 0 radical (unpaired) electrons. The van der Waals surface area contributed by atoms with Crippen molar-refractivity contribution in [1.82, 2.24) is 0 Å². The van der Waals surface area contributed by atoms with Gasteiger partial charge in [-0.3, -0.25) is 8.98 Å². The average molecular weight is 239 g/mol. The molecule has 0 amide bonds. The fourth-order valence-electron chi connectivity index (χ4n) is 0.905. The predicted molar refractivity (Wildman–Crippen MR) is 54.6 cm³/mol. The van der Waals surface area contributed by atoms with Crippen molar-refractivity contribution < 1.29 is 22.1 Å². The highest BCUT2D eigenvalue weighted by molar-refractivity contribution is 7.85. The van der Waals surface area contributed by atoms with Gasteiger partial charge in [-0.1, -0.05) is 0 Å². The molecule has 1 unspecified atom stereocenters. The molecular weight excluding hydrogens is 222 g/mol. The van der Waals surface area contributed by atoms with E-state index in [1.54, 1.807) is 0 Å². The highest BCUT2D eigenvalue weighted by Gasteiger charge is 2.09. The third kappa shape index (κ3) is 9.64. The summed E-state index contributed by atoms with van der Waals surface area (Å²) in [5, 5.41) is 0. The second kappa shape index (κ2) is 6.76. The van der Waals surface area contributed by atoms with E-state index in [1.165, 1.54) is 7.11 Å². The average Bonchev–Trinajstić information content (AvgIpc) is 2.13. The molecule has 0 heterocycles. The minimum Gasteiger partial charge on any atom is -0.469 e. The summed E-state index contributed by atoms with van der Waals surface area (Å²) in [4.78, 5) is 10.7. The van der Waals surface area contributed by atoms with Crippen LogP contribution in [0.5, 0.6) is 0 Å². The van der Waals surface area contributed by atoms with Gasteiger partial charge in [0, 0.05) is 12.5 Å². The van der Waals surface area contributed by atoms with Crippen LogP contribution in [0.2, 0.25) is 0 Å². The van der Waals surface area contributed by atoms with Crippen LogP contribution >= 0.6 is 0 Å². The first kappa shape index (κ1) is 14.3. The third-order valence-electron chi connectivity index (χ3n) is 1.68. The molecule has 0 spiro atoms. The lowest BCUT2D eigenvalue weighted by molar-refractivity contribution is -0.140. The zero-order valence-electron chi connectivity index (χ0n) is 8.93. The summed E-state index contributed by atoms with van der Waals surface area (Å²) in [5.74, 6) is -0.300. The smallest absolute Gasteiger partial charge is 0.305 e. The molecule has 0 bridgehead atoms. The molecule has 15 heavy (non-hydrogen) atoms. The van der Waals surface area contributed by atoms with Crippen LogP contribution in [0.1, 0.15) is 19.3 Å². The Bertz CT molecular complexity index is 287. The van der Waals surface area contributed by atoms with Crippen LogP contribution in [0, 0.1) is 0 Å². The molecule has 7 heteroatoms. The number of rotatable bonds is 7. The van der Waals surface area contributed by atoms with Gasteiger partial charge in [-0.05, 0) is 12.8 Å². The maximum absolute atomic E-state index is 10.7. The van der Waals surface area contributed by atoms with Crippen molar-refractivity contribution in [2.75, 3.05) is 20.0 Å². The fraction of sp³-hybridized carbons (Fsp3) is 0.875. The van der Waals surface area contributed by atoms with Gasteiger partial charge in [0.2, 0.25) is 0 Å². The van der Waals surface area contributed by atoms with Crippen LogP contribution in [0.3, 0.4) is 0 Å². The van der Waals surface area contributed by atoms with Crippen molar-refractivity contribution in [3.63, 3.8) is 0 Å². The first-order valence-corrected chi connectivity index (χ1v) is 6.33. The van der Waals surface area contributed by atoms with Gasteiger partial charge in [0.1, 0.15) is 0 Å². The fourth-order valence-corrected chi connectivity index (χ4v) is 1.33. The number of hydrogen-bond donors (Lipinski definition) is 1. The molecule has 1 atom stereocenters. The molecule has 0 saturated carbocycles. The zero-order chi connectivity index (χ0) is 11.9. The summed E-state index contributed by atoms with van der Waals surface area (Å²) >= 11 is 0. The second-order valence-corrected chi connectivity index (χ2v) is 4.86. The summed E-state index contributed by atoms with van der Waals surface area (Å²) in [6.45, 7) is -0.0555. The van der Waals surface area contributed by atoms with Crippen LogP contribution in [0.25, 0.3) is 0 Å². The lowest BCUT2D eigenvalue weighted by Gasteiger charge is -2.09. The van der Waals surface area contributed by atoms with Crippen molar-refractivity contribution in [3.8, 4) is 0 Å². The van der Waals surface area contributed by atoms with Crippen molar-refractivity contribution in [3.05, 3.63) is 0 Å². The van der Waals surface area contributed by atoms with Crippen LogP contribution < -0.4 is 5.73 Å². The van der Waals surface area contributed by atoms with Crippen LogP contribution in [0.15, 0.2) is 0 Å². The molecule has 0 aromatic carbocycles. The van der Waals surface area contributed by atoms with Gasteiger partial charge in [-0.15, -0.1) is 0 Å². The Morgan fingerprint density at radius 2 is 2.07 bits per heavy atom. The molecule has 0 aliphatic rings. The van der Waals surface area contributed by atoms with E-state index >= 15 is 0 Å². The van der Waals surface area contributed by atoms with Gasteiger partial charge in [-0.2, -0.15) is 8.42 Å². The van der Waals surface area contributed by atoms with Crippen molar-refractivity contribution in [1.29, 1.82) is 0 Å². The topological polar surface area (TPSA) is 95.7 Å². The quantitative estimate of drug-likeness (QED) is 0.481. The van der Waals surface area contributed by atoms with Gasteiger partial charge in [0.05, 0.1) is 20.0 Å². The molecule has 0 aliphatic heterocycles. The molecule has 0 saturated heterocycles. The Balaban J connectivity index is 3.58. The van der Waals surface area contributed by atoms with Crippen LogP contribution in [-0.2, 0) is 23.8 Å². The van der Waals surface area contributed by atoms with E-state index in [1.807, 2.05) is 0 Å². The van der Waals surface area contributed by atoms with Crippen molar-refractivity contribution in [2.24, 2.45) is 5.73 Å². The highest BCUT2D eigenvalue weighted by Crippen LogP contribution is 2.01. The SMILES string of the molecule is COC(=O)CCCC(N)COS(C)(=O)=O. The van der Waals surface area contributed by atoms with E-state index in [-0.39, 0.29) is 25.0 Å². The molecule has 90 valence electrons. The van der Waals surface area contributed by atoms with E-state index in [4.69, 9.17) is 5.73 Å². The Morgan fingerprint density at radius 1 is 1.47 bits per heavy atom. The molecule has 6 nitrogen and oxygen atoms in total. The number of nitrogens with two attached hydrogens (primary N) is 1. The summed E-state index contributed by atoms with van der Waals surface area (Å²) in [5.41, 5.74) is 5.57. The second-order valence-electron chi connectivity index (χ2n) is 3.22. The van der Waals surface area contributed by atoms with Gasteiger partial charge in [0.25, 0.3) is 10.1 Å². The summed E-state index contributed by atoms with van der Waals surface area (Å²) in [6, 6.07) is -0.385. The summed E-state index contributed by atoms with van der Waals surface area (Å²) in [6.07, 6.45) is 2.32. The third-order valence-corrected chi connectivity index (χ3v) is 2.24. The van der Waals surface area contributed by atoms with Gasteiger partial charge in [0.15, 0.2) is 0 Å². The first-order valence-electron chi connectivity index (χ1n) is 4.52. The molecule has 0 aromatic rings. The number of hydrogen-bond acceptors (Lipinski definition) is 6. The van der Waals surface area contributed by atoms with E-state index in [9.17, 15) is 13.2 Å². The molecular formula is C8H17NO5S. The minimum absolute atomic E-state index is 0.0555. The van der Waals surface area contributed by atoms with Gasteiger partial charge >= 0.3 is 5.97 Å². The van der Waals surface area contributed by atoms with E-state index in [0.29, 0.717) is 12.8 Å². The number of carbonyl (C=O) groups excluding carboxylic acids is 1. The van der Waals surface area contributed by atoms with Gasteiger partial charge < -0.3 is 10.5 Å². The predicted octanol–water partition coefficient (Wildman–Crippen LogP) is -0.367. The largest absolute Gasteiger partial charge is 0.469 e. The van der Waals surface area contributed by atoms with E-state index < -0.39 is 10.1 Å². The van der Waals surface area contributed by atoms with Crippen molar-refractivity contribution in [2.45, 2.75) is 25.3 Å². The Kier molecular flexibility index (Phi) is 6.46. The van der Waals surface area contributed by atoms with E-state index in [0.717, 1.165) is 6.26 Å². The zero-order valence-corrected chi connectivity index (χ0v) is 9.75. The monoisotopic (exact) mass is 239 g/mol. The van der Waals surface area contributed by atoms with E-state index in [2.05, 4.69) is 8.92 Å². The maximum Gasteiger partial charge on any atom is 0.305 e. The Morgan fingerprint density at radius 3 is 2.53 bits per heavy atom. The maximum atomic E-state index is 10.7. The highest BCUT2D eigenvalue weighted by atomic mass is 32.2. The molecule has 0 fully saturated rings. The number of methoxy groups -OCH3 is 1. The summed E-state index contributed by atoms with van der Waals surface area (Å²) in [7, 11) is -2.12.